The lowest BCUT2D eigenvalue weighted by atomic mass is 10.1. The zero-order valence-electron chi connectivity index (χ0n) is 14.9. The Hall–Kier alpha value is -2.34. The van der Waals surface area contributed by atoms with Crippen LogP contribution in [-0.4, -0.2) is 37.0 Å². The first-order valence-electron chi connectivity index (χ1n) is 8.37. The van der Waals surface area contributed by atoms with Crippen molar-refractivity contribution in [3.63, 3.8) is 0 Å². The summed E-state index contributed by atoms with van der Waals surface area (Å²) in [6, 6.07) is 14.9. The zero-order chi connectivity index (χ0) is 18.9. The molecule has 0 atom stereocenters. The lowest BCUT2D eigenvalue weighted by Crippen LogP contribution is -2.33. The third-order valence-electron chi connectivity index (χ3n) is 3.79. The van der Waals surface area contributed by atoms with Gasteiger partial charge in [0.25, 0.3) is 5.91 Å². The Kier molecular flexibility index (Phi) is 7.66. The number of methoxy groups -OCH3 is 1. The van der Waals surface area contributed by atoms with Gasteiger partial charge >= 0.3 is 5.97 Å². The molecule has 0 aliphatic heterocycles. The highest BCUT2D eigenvalue weighted by atomic mass is 79.9. The molecule has 0 spiro atoms. The quantitative estimate of drug-likeness (QED) is 0.605. The molecule has 0 unspecified atom stereocenters. The number of rotatable bonds is 8. The van der Waals surface area contributed by atoms with Crippen LogP contribution >= 0.6 is 15.9 Å². The molecule has 0 aliphatic carbocycles. The Bertz CT molecular complexity index is 749. The van der Waals surface area contributed by atoms with Gasteiger partial charge in [0, 0.05) is 17.6 Å². The van der Waals surface area contributed by atoms with Crippen molar-refractivity contribution < 1.29 is 19.1 Å². The average Bonchev–Trinajstić information content (AvgIpc) is 2.65. The van der Waals surface area contributed by atoms with Gasteiger partial charge in [-0.3, -0.25) is 9.59 Å². The summed E-state index contributed by atoms with van der Waals surface area (Å²) in [5.74, 6) is -0.0248. The normalized spacial score (nSPS) is 10.3. The summed E-state index contributed by atoms with van der Waals surface area (Å²) in [6.45, 7) is 2.75. The molecule has 2 rings (SSSR count). The van der Waals surface area contributed by atoms with Gasteiger partial charge in [0.1, 0.15) is 5.75 Å². The predicted octanol–water partition coefficient (Wildman–Crippen LogP) is 4.05. The molecule has 0 N–H and O–H groups in total. The monoisotopic (exact) mass is 419 g/mol. The first-order valence-corrected chi connectivity index (χ1v) is 9.16. The Balaban J connectivity index is 2.25. The molecular weight excluding hydrogens is 398 g/mol. The van der Waals surface area contributed by atoms with Crippen molar-refractivity contribution in [2.45, 2.75) is 19.9 Å². The first-order chi connectivity index (χ1) is 12.5. The van der Waals surface area contributed by atoms with E-state index in [9.17, 15) is 9.59 Å². The second kappa shape index (κ2) is 9.97. The second-order valence-electron chi connectivity index (χ2n) is 5.61. The maximum Gasteiger partial charge on any atom is 0.307 e. The fraction of sp³-hybridized carbons (Fsp3) is 0.300. The highest BCUT2D eigenvalue weighted by Crippen LogP contribution is 2.25. The summed E-state index contributed by atoms with van der Waals surface area (Å²) in [6.07, 6.45) is 0.142. The van der Waals surface area contributed by atoms with Crippen molar-refractivity contribution in [1.29, 1.82) is 0 Å². The van der Waals surface area contributed by atoms with Crippen molar-refractivity contribution in [2.75, 3.05) is 20.3 Å². The molecule has 26 heavy (non-hydrogen) atoms. The van der Waals surface area contributed by atoms with E-state index in [1.54, 1.807) is 24.0 Å². The third-order valence-corrected chi connectivity index (χ3v) is 4.28. The predicted molar refractivity (Wildman–Crippen MR) is 103 cm³/mol. The Labute approximate surface area is 162 Å². The lowest BCUT2D eigenvalue weighted by molar-refractivity contribution is -0.143. The van der Waals surface area contributed by atoms with Crippen molar-refractivity contribution >= 4 is 27.8 Å². The van der Waals surface area contributed by atoms with E-state index < -0.39 is 0 Å². The van der Waals surface area contributed by atoms with Crippen LogP contribution in [0, 0.1) is 0 Å². The van der Waals surface area contributed by atoms with E-state index in [-0.39, 0.29) is 24.8 Å². The summed E-state index contributed by atoms with van der Waals surface area (Å²) >= 11 is 3.39. The van der Waals surface area contributed by atoms with Crippen LogP contribution in [0.25, 0.3) is 0 Å². The highest BCUT2D eigenvalue weighted by molar-refractivity contribution is 9.10. The summed E-state index contributed by atoms with van der Waals surface area (Å²) in [4.78, 5) is 26.5. The van der Waals surface area contributed by atoms with Gasteiger partial charge < -0.3 is 14.4 Å². The summed E-state index contributed by atoms with van der Waals surface area (Å²) in [7, 11) is 1.53. The number of benzene rings is 2. The number of hydrogen-bond donors (Lipinski definition) is 0. The summed E-state index contributed by atoms with van der Waals surface area (Å²) < 4.78 is 11.1. The number of nitrogens with zero attached hydrogens (tertiary/aromatic N) is 1. The van der Waals surface area contributed by atoms with E-state index in [2.05, 4.69) is 15.9 Å². The number of amides is 1. The number of carbonyl (C=O) groups excluding carboxylic acids is 2. The summed E-state index contributed by atoms with van der Waals surface area (Å²) in [5.41, 5.74) is 1.43. The van der Waals surface area contributed by atoms with Crippen molar-refractivity contribution in [3.8, 4) is 5.75 Å². The van der Waals surface area contributed by atoms with E-state index in [0.29, 0.717) is 24.5 Å². The van der Waals surface area contributed by atoms with Gasteiger partial charge in [-0.1, -0.05) is 46.3 Å². The van der Waals surface area contributed by atoms with Gasteiger partial charge in [0.15, 0.2) is 0 Å². The van der Waals surface area contributed by atoms with Gasteiger partial charge in [-0.15, -0.1) is 0 Å². The molecule has 1 amide bonds. The standard InChI is InChI=1S/C20H22BrNO4/c1-3-26-19(23)11-12-22(14-15-7-5-4-6-8-15)20(24)17-13-16(21)9-10-18(17)25-2/h4-10,13H,3,11-12,14H2,1-2H3. The van der Waals surface area contributed by atoms with Crippen molar-refractivity contribution in [3.05, 3.63) is 64.1 Å². The molecular formula is C20H22BrNO4. The molecule has 0 aliphatic rings. The minimum atomic E-state index is -0.320. The minimum absolute atomic E-state index is 0.142. The number of esters is 1. The van der Waals surface area contributed by atoms with Crippen LogP contribution < -0.4 is 4.74 Å². The van der Waals surface area contributed by atoms with Gasteiger partial charge in [-0.05, 0) is 30.7 Å². The maximum absolute atomic E-state index is 13.1. The van der Waals surface area contributed by atoms with E-state index >= 15 is 0 Å². The first kappa shape index (κ1) is 20.0. The van der Waals surface area contributed by atoms with Crippen molar-refractivity contribution in [2.24, 2.45) is 0 Å². The Morgan fingerprint density at radius 3 is 2.50 bits per heavy atom. The molecule has 0 heterocycles. The number of halogens is 1. The minimum Gasteiger partial charge on any atom is -0.496 e. The topological polar surface area (TPSA) is 55.8 Å². The Morgan fingerprint density at radius 1 is 1.12 bits per heavy atom. The van der Waals surface area contributed by atoms with Crippen LogP contribution in [0.5, 0.6) is 5.75 Å². The molecule has 0 fully saturated rings. The third kappa shape index (κ3) is 5.59. The van der Waals surface area contributed by atoms with E-state index in [0.717, 1.165) is 10.0 Å². The summed E-state index contributed by atoms with van der Waals surface area (Å²) in [5, 5.41) is 0. The van der Waals surface area contributed by atoms with Crippen molar-refractivity contribution in [1.82, 2.24) is 4.90 Å². The molecule has 0 saturated carbocycles. The fourth-order valence-corrected chi connectivity index (χ4v) is 2.89. The average molecular weight is 420 g/mol. The van der Waals surface area contributed by atoms with E-state index in [1.807, 2.05) is 36.4 Å². The molecule has 0 radical (unpaired) electrons. The zero-order valence-corrected chi connectivity index (χ0v) is 16.5. The highest BCUT2D eigenvalue weighted by Gasteiger charge is 2.21. The van der Waals surface area contributed by atoms with E-state index in [1.165, 1.54) is 7.11 Å². The van der Waals surface area contributed by atoms with E-state index in [4.69, 9.17) is 9.47 Å². The Morgan fingerprint density at radius 2 is 1.85 bits per heavy atom. The molecule has 0 aromatic heterocycles. The van der Waals surface area contributed by atoms with Crippen LogP contribution in [0.1, 0.15) is 29.3 Å². The molecule has 2 aromatic rings. The molecule has 5 nitrogen and oxygen atoms in total. The smallest absolute Gasteiger partial charge is 0.307 e. The van der Waals surface area contributed by atoms with Gasteiger partial charge in [0.2, 0.25) is 0 Å². The van der Waals surface area contributed by atoms with Gasteiger partial charge in [-0.25, -0.2) is 0 Å². The fourth-order valence-electron chi connectivity index (χ4n) is 2.53. The van der Waals surface area contributed by atoms with Crippen LogP contribution in [-0.2, 0) is 16.1 Å². The maximum atomic E-state index is 13.1. The molecule has 0 saturated heterocycles. The van der Waals surface area contributed by atoms with Gasteiger partial charge in [-0.2, -0.15) is 0 Å². The number of carbonyl (C=O) groups is 2. The largest absolute Gasteiger partial charge is 0.496 e. The number of ether oxygens (including phenoxy) is 2. The molecule has 2 aromatic carbocycles. The molecule has 0 bridgehead atoms. The molecule has 138 valence electrons. The number of hydrogen-bond acceptors (Lipinski definition) is 4. The van der Waals surface area contributed by atoms with Crippen LogP contribution in [0.2, 0.25) is 0 Å². The SMILES string of the molecule is CCOC(=O)CCN(Cc1ccccc1)C(=O)c1cc(Br)ccc1OC. The lowest BCUT2D eigenvalue weighted by Gasteiger charge is -2.23. The van der Waals surface area contributed by atoms with Crippen LogP contribution in [0.3, 0.4) is 0 Å². The second-order valence-corrected chi connectivity index (χ2v) is 6.53. The van der Waals surface area contributed by atoms with Crippen LogP contribution in [0.15, 0.2) is 53.0 Å². The van der Waals surface area contributed by atoms with Gasteiger partial charge in [0.05, 0.1) is 25.7 Å². The van der Waals surface area contributed by atoms with Crippen LogP contribution in [0.4, 0.5) is 0 Å². The molecule has 6 heteroatoms.